The van der Waals surface area contributed by atoms with Crippen LogP contribution < -0.4 is 15.3 Å². The highest BCUT2D eigenvalue weighted by atomic mass is 16.5. The molecule has 10 heteroatoms. The molecule has 1 aromatic heterocycles. The van der Waals surface area contributed by atoms with E-state index >= 15 is 0 Å². The van der Waals surface area contributed by atoms with Crippen LogP contribution in [0.5, 0.6) is 5.75 Å². The van der Waals surface area contributed by atoms with E-state index in [0.29, 0.717) is 16.1 Å². The number of nitrogens with zero attached hydrogens (tertiary/aromatic N) is 5. The second-order valence-electron chi connectivity index (χ2n) is 5.64. The number of carboxylic acid groups (broad SMARTS) is 1. The van der Waals surface area contributed by atoms with Crippen molar-refractivity contribution in [2.24, 2.45) is 0 Å². The molecule has 1 amide bonds. The number of anilines is 1. The highest BCUT2D eigenvalue weighted by molar-refractivity contribution is 5.95. The van der Waals surface area contributed by atoms with E-state index in [1.165, 1.54) is 30.2 Å². The zero-order chi connectivity index (χ0) is 20.3. The molecule has 3 aromatic rings. The molecule has 28 heavy (non-hydrogen) atoms. The Kier molecular flexibility index (Phi) is 5.21. The van der Waals surface area contributed by atoms with E-state index in [9.17, 15) is 19.5 Å². The van der Waals surface area contributed by atoms with Crippen molar-refractivity contribution >= 4 is 17.7 Å². The largest absolute Gasteiger partial charge is 0.496 e. The van der Waals surface area contributed by atoms with E-state index in [1.807, 2.05) is 0 Å². The van der Waals surface area contributed by atoms with Crippen molar-refractivity contribution in [3.05, 3.63) is 64.6 Å². The summed E-state index contributed by atoms with van der Waals surface area (Å²) in [6, 6.07) is 12.1. The Hall–Kier alpha value is -3.95. The number of aromatic carboxylic acids is 1. The minimum absolute atomic E-state index is 0.0399. The molecule has 0 unspecified atom stereocenters. The number of benzene rings is 2. The van der Waals surface area contributed by atoms with E-state index in [4.69, 9.17) is 4.74 Å². The van der Waals surface area contributed by atoms with Gasteiger partial charge in [0.25, 0.3) is 0 Å². The highest BCUT2D eigenvalue weighted by Crippen LogP contribution is 2.26. The molecule has 1 N–H and O–H groups in total. The van der Waals surface area contributed by atoms with E-state index in [-0.39, 0.29) is 17.9 Å². The number of aromatic nitrogens is 4. The summed E-state index contributed by atoms with van der Waals surface area (Å²) in [6.07, 6.45) is 0. The maximum atomic E-state index is 12.9. The molecular weight excluding hydrogens is 366 g/mol. The van der Waals surface area contributed by atoms with Crippen molar-refractivity contribution < 1.29 is 19.4 Å². The molecular formula is C18H17N5O5. The summed E-state index contributed by atoms with van der Waals surface area (Å²) in [5.74, 6) is -1.06. The Morgan fingerprint density at radius 3 is 2.46 bits per heavy atom. The number of amides is 1. The number of carbonyl (C=O) groups excluding carboxylic acids is 1. The molecule has 10 nitrogen and oxygen atoms in total. The summed E-state index contributed by atoms with van der Waals surface area (Å²) in [6.45, 7) is 1.92. The van der Waals surface area contributed by atoms with Gasteiger partial charge in [0.15, 0.2) is 0 Å². The van der Waals surface area contributed by atoms with Gasteiger partial charge in [-0.1, -0.05) is 18.2 Å². The molecule has 1 heterocycles. The van der Waals surface area contributed by atoms with Crippen LogP contribution in [0, 0.1) is 0 Å². The van der Waals surface area contributed by atoms with Crippen LogP contribution in [0.4, 0.5) is 10.5 Å². The van der Waals surface area contributed by atoms with Gasteiger partial charge in [-0.05, 0) is 41.6 Å². The molecule has 144 valence electrons. The molecule has 0 aliphatic heterocycles. The second kappa shape index (κ2) is 7.74. The number of para-hydroxylation sites is 1. The monoisotopic (exact) mass is 383 g/mol. The van der Waals surface area contributed by atoms with Crippen molar-refractivity contribution in [1.82, 2.24) is 19.8 Å². The minimum atomic E-state index is -1.15. The molecule has 0 fully saturated rings. The molecule has 0 saturated carbocycles. The number of rotatable bonds is 5. The Labute approximate surface area is 159 Å². The first kappa shape index (κ1) is 18.8. The third-order valence-electron chi connectivity index (χ3n) is 4.04. The summed E-state index contributed by atoms with van der Waals surface area (Å²) in [5.41, 5.74) is 0.0725. The number of carbonyl (C=O) groups is 2. The van der Waals surface area contributed by atoms with Gasteiger partial charge in [0.2, 0.25) is 0 Å². The average molecular weight is 383 g/mol. The average Bonchev–Trinajstić information content (AvgIpc) is 3.10. The lowest BCUT2D eigenvalue weighted by Gasteiger charge is -2.20. The predicted molar refractivity (Wildman–Crippen MR) is 99.4 cm³/mol. The smallest absolute Gasteiger partial charge is 0.377 e. The number of tetrazole rings is 1. The van der Waals surface area contributed by atoms with E-state index in [0.717, 1.165) is 4.68 Å². The van der Waals surface area contributed by atoms with Gasteiger partial charge < -0.3 is 9.84 Å². The zero-order valence-corrected chi connectivity index (χ0v) is 15.1. The maximum Gasteiger partial charge on any atom is 0.377 e. The topological polar surface area (TPSA) is 120 Å². The number of methoxy groups -OCH3 is 1. The van der Waals surface area contributed by atoms with Crippen LogP contribution >= 0.6 is 0 Å². The molecule has 0 spiro atoms. The van der Waals surface area contributed by atoms with Crippen molar-refractivity contribution in [2.45, 2.75) is 6.92 Å². The van der Waals surface area contributed by atoms with Crippen molar-refractivity contribution in [2.75, 3.05) is 18.6 Å². The molecule has 0 aliphatic carbocycles. The van der Waals surface area contributed by atoms with Gasteiger partial charge in [0.05, 0.1) is 12.8 Å². The summed E-state index contributed by atoms with van der Waals surface area (Å²) < 4.78 is 6.75. The van der Waals surface area contributed by atoms with Crippen LogP contribution in [0.2, 0.25) is 0 Å². The minimum Gasteiger partial charge on any atom is -0.496 e. The third kappa shape index (κ3) is 3.34. The summed E-state index contributed by atoms with van der Waals surface area (Å²) in [4.78, 5) is 38.0. The van der Waals surface area contributed by atoms with Crippen LogP contribution in [0.1, 0.15) is 17.3 Å². The lowest BCUT2D eigenvalue weighted by atomic mass is 10.1. The first-order valence-corrected chi connectivity index (χ1v) is 8.31. The summed E-state index contributed by atoms with van der Waals surface area (Å²) in [7, 11) is 1.33. The zero-order valence-electron chi connectivity index (χ0n) is 15.1. The first-order chi connectivity index (χ1) is 13.5. The Bertz CT molecular complexity index is 1070. The van der Waals surface area contributed by atoms with E-state index < -0.39 is 17.7 Å². The lowest BCUT2D eigenvalue weighted by Crippen LogP contribution is -2.41. The number of carboxylic acids is 1. The van der Waals surface area contributed by atoms with Gasteiger partial charge in [0, 0.05) is 18.3 Å². The van der Waals surface area contributed by atoms with Crippen molar-refractivity contribution in [3.8, 4) is 11.4 Å². The summed E-state index contributed by atoms with van der Waals surface area (Å²) in [5, 5.41) is 16.6. The van der Waals surface area contributed by atoms with Gasteiger partial charge in [-0.15, -0.1) is 4.68 Å². The van der Waals surface area contributed by atoms with Gasteiger partial charge in [-0.2, -0.15) is 4.68 Å². The molecule has 0 radical (unpaired) electrons. The predicted octanol–water partition coefficient (Wildman–Crippen LogP) is 1.63. The quantitative estimate of drug-likeness (QED) is 0.665. The highest BCUT2D eigenvalue weighted by Gasteiger charge is 2.23. The SMILES string of the molecule is CCN(C(=O)n1nnn(-c2ccccc2)c1=O)c1ccc(C(=O)O)c(OC)c1. The Balaban J connectivity index is 1.98. The van der Waals surface area contributed by atoms with Crippen LogP contribution in [0.3, 0.4) is 0 Å². The number of hydrogen-bond acceptors (Lipinski definition) is 6. The van der Waals surface area contributed by atoms with E-state index in [2.05, 4.69) is 10.4 Å². The molecule has 2 aromatic carbocycles. The van der Waals surface area contributed by atoms with Crippen molar-refractivity contribution in [3.63, 3.8) is 0 Å². The third-order valence-corrected chi connectivity index (χ3v) is 4.04. The van der Waals surface area contributed by atoms with Gasteiger partial charge in [-0.25, -0.2) is 14.4 Å². The molecule has 0 saturated heterocycles. The van der Waals surface area contributed by atoms with Gasteiger partial charge in [-0.3, -0.25) is 4.90 Å². The standard InChI is InChI=1S/C18H17N5O5/c1-3-21(13-9-10-14(16(24)25)15(11-13)28-2)17(26)23-18(27)22(19-20-23)12-7-5-4-6-8-12/h4-11H,3H2,1-2H3,(H,24,25). The first-order valence-electron chi connectivity index (χ1n) is 8.31. The van der Waals surface area contributed by atoms with Crippen LogP contribution in [-0.2, 0) is 0 Å². The summed E-state index contributed by atoms with van der Waals surface area (Å²) >= 11 is 0. The van der Waals surface area contributed by atoms with Gasteiger partial charge >= 0.3 is 17.7 Å². The normalized spacial score (nSPS) is 10.5. The van der Waals surface area contributed by atoms with Crippen LogP contribution in [0.15, 0.2) is 53.3 Å². The Morgan fingerprint density at radius 1 is 1.14 bits per heavy atom. The molecule has 3 rings (SSSR count). The fourth-order valence-corrected chi connectivity index (χ4v) is 2.66. The molecule has 0 bridgehead atoms. The van der Waals surface area contributed by atoms with Crippen LogP contribution in [-0.4, -0.2) is 50.6 Å². The molecule has 0 aliphatic rings. The maximum absolute atomic E-state index is 12.9. The number of hydrogen-bond donors (Lipinski definition) is 1. The fourth-order valence-electron chi connectivity index (χ4n) is 2.66. The van der Waals surface area contributed by atoms with E-state index in [1.54, 1.807) is 37.3 Å². The van der Waals surface area contributed by atoms with Crippen molar-refractivity contribution in [1.29, 1.82) is 0 Å². The second-order valence-corrected chi connectivity index (χ2v) is 5.64. The Morgan fingerprint density at radius 2 is 1.86 bits per heavy atom. The number of ether oxygens (including phenoxy) is 1. The fraction of sp³-hybridized carbons (Fsp3) is 0.167. The lowest BCUT2D eigenvalue weighted by molar-refractivity contribution is 0.0693. The van der Waals surface area contributed by atoms with Crippen LogP contribution in [0.25, 0.3) is 5.69 Å². The van der Waals surface area contributed by atoms with Gasteiger partial charge in [0.1, 0.15) is 11.3 Å². The molecule has 0 atom stereocenters.